The molecule has 0 amide bonds. The molecule has 1 saturated heterocycles. The topological polar surface area (TPSA) is 89.2 Å². The van der Waals surface area contributed by atoms with Crippen LogP contribution in [0.25, 0.3) is 0 Å². The van der Waals surface area contributed by atoms with Crippen LogP contribution in [0, 0.1) is 6.92 Å². The Morgan fingerprint density at radius 2 is 1.96 bits per heavy atom. The smallest absolute Gasteiger partial charge is 0.322 e. The molecule has 0 bridgehead atoms. The molecule has 8 heteroatoms. The van der Waals surface area contributed by atoms with E-state index in [0.29, 0.717) is 30.3 Å². The molecule has 124 valence electrons. The summed E-state index contributed by atoms with van der Waals surface area (Å²) in [6.07, 6.45) is 6.52. The number of methoxy groups -OCH3 is 1. The zero-order chi connectivity index (χ0) is 16.1. The van der Waals surface area contributed by atoms with Crippen LogP contribution in [-0.2, 0) is 6.54 Å². The van der Waals surface area contributed by atoms with Crippen LogP contribution in [0.3, 0.4) is 0 Å². The maximum Gasteiger partial charge on any atom is 0.322 e. The van der Waals surface area contributed by atoms with E-state index >= 15 is 0 Å². The molecule has 23 heavy (non-hydrogen) atoms. The normalized spacial score (nSPS) is 15.3. The van der Waals surface area contributed by atoms with Gasteiger partial charge in [0.15, 0.2) is 0 Å². The van der Waals surface area contributed by atoms with Gasteiger partial charge in [0.05, 0.1) is 19.9 Å². The van der Waals surface area contributed by atoms with Gasteiger partial charge in [0.25, 0.3) is 0 Å². The molecule has 0 unspecified atom stereocenters. The van der Waals surface area contributed by atoms with Gasteiger partial charge in [-0.3, -0.25) is 0 Å². The monoisotopic (exact) mass is 318 g/mol. The molecule has 0 atom stereocenters. The van der Waals surface area contributed by atoms with Crippen molar-refractivity contribution in [3.8, 4) is 6.01 Å². The second-order valence-corrected chi connectivity index (χ2v) is 5.57. The summed E-state index contributed by atoms with van der Waals surface area (Å²) in [7, 11) is 1.56. The van der Waals surface area contributed by atoms with Gasteiger partial charge in [-0.2, -0.15) is 15.0 Å². The fourth-order valence-electron chi connectivity index (χ4n) is 2.57. The third kappa shape index (κ3) is 4.08. The Morgan fingerprint density at radius 1 is 1.17 bits per heavy atom. The number of nitrogens with zero attached hydrogens (tertiary/aromatic N) is 5. The number of aryl methyl sites for hydroxylation is 1. The Balaban J connectivity index is 1.75. The third-order valence-corrected chi connectivity index (χ3v) is 3.74. The maximum absolute atomic E-state index is 5.44. The van der Waals surface area contributed by atoms with Crippen LogP contribution in [0.5, 0.6) is 6.01 Å². The van der Waals surface area contributed by atoms with Crippen molar-refractivity contribution in [2.75, 3.05) is 30.4 Å². The van der Waals surface area contributed by atoms with E-state index in [1.165, 1.54) is 12.8 Å². The van der Waals surface area contributed by atoms with Gasteiger partial charge in [0.1, 0.15) is 5.76 Å². The molecule has 0 aliphatic carbocycles. The largest absolute Gasteiger partial charge is 0.467 e. The average Bonchev–Trinajstić information content (AvgIpc) is 2.82. The van der Waals surface area contributed by atoms with Gasteiger partial charge in [-0.15, -0.1) is 0 Å². The van der Waals surface area contributed by atoms with Gasteiger partial charge in [0, 0.05) is 13.1 Å². The van der Waals surface area contributed by atoms with Crippen LogP contribution < -0.4 is 15.0 Å². The molecule has 0 aromatic carbocycles. The van der Waals surface area contributed by atoms with Crippen LogP contribution in [0.4, 0.5) is 11.9 Å². The Kier molecular flexibility index (Phi) is 4.89. The van der Waals surface area contributed by atoms with Gasteiger partial charge < -0.3 is 19.4 Å². The van der Waals surface area contributed by atoms with Crippen molar-refractivity contribution < 1.29 is 9.15 Å². The van der Waals surface area contributed by atoms with Crippen molar-refractivity contribution in [3.63, 3.8) is 0 Å². The molecule has 0 saturated carbocycles. The van der Waals surface area contributed by atoms with Gasteiger partial charge >= 0.3 is 6.01 Å². The van der Waals surface area contributed by atoms with Crippen molar-refractivity contribution in [3.05, 3.63) is 17.8 Å². The van der Waals surface area contributed by atoms with E-state index in [2.05, 4.69) is 30.2 Å². The van der Waals surface area contributed by atoms with E-state index in [1.807, 2.05) is 6.92 Å². The summed E-state index contributed by atoms with van der Waals surface area (Å²) in [6, 6.07) is 0.310. The SMILES string of the molecule is COc1nc(NCc2ncc(C)o2)nc(N2CCCCCC2)n1. The first-order chi connectivity index (χ1) is 11.2. The highest BCUT2D eigenvalue weighted by Gasteiger charge is 2.16. The third-order valence-electron chi connectivity index (χ3n) is 3.74. The first-order valence-corrected chi connectivity index (χ1v) is 7.95. The minimum Gasteiger partial charge on any atom is -0.467 e. The highest BCUT2D eigenvalue weighted by molar-refractivity contribution is 5.38. The van der Waals surface area contributed by atoms with Crippen LogP contribution >= 0.6 is 0 Å². The summed E-state index contributed by atoms with van der Waals surface area (Å²) in [5.74, 6) is 2.50. The molecule has 1 aliphatic rings. The van der Waals surface area contributed by atoms with Crippen molar-refractivity contribution in [1.29, 1.82) is 0 Å². The summed E-state index contributed by atoms with van der Waals surface area (Å²) < 4.78 is 10.6. The number of aromatic nitrogens is 4. The number of anilines is 2. The highest BCUT2D eigenvalue weighted by atomic mass is 16.5. The maximum atomic E-state index is 5.44. The lowest BCUT2D eigenvalue weighted by molar-refractivity contribution is 0.378. The highest BCUT2D eigenvalue weighted by Crippen LogP contribution is 2.19. The number of ether oxygens (including phenoxy) is 1. The molecule has 1 fully saturated rings. The molecule has 0 radical (unpaired) electrons. The average molecular weight is 318 g/mol. The second kappa shape index (κ2) is 7.26. The molecule has 1 N–H and O–H groups in total. The predicted octanol–water partition coefficient (Wildman–Crippen LogP) is 2.17. The number of oxazole rings is 1. The predicted molar refractivity (Wildman–Crippen MR) is 85.6 cm³/mol. The Hall–Kier alpha value is -2.38. The van der Waals surface area contributed by atoms with Crippen LogP contribution in [-0.4, -0.2) is 40.1 Å². The van der Waals surface area contributed by atoms with Crippen LogP contribution in [0.2, 0.25) is 0 Å². The summed E-state index contributed by atoms with van der Waals surface area (Å²) in [6.45, 7) is 4.21. The van der Waals surface area contributed by atoms with E-state index in [-0.39, 0.29) is 0 Å². The minimum absolute atomic E-state index is 0.310. The fraction of sp³-hybridized carbons (Fsp3) is 0.600. The van der Waals surface area contributed by atoms with Gasteiger partial charge in [-0.1, -0.05) is 12.8 Å². The standard InChI is InChI=1S/C15H22N6O2/c1-11-9-16-12(23-11)10-17-13-18-14(20-15(19-13)22-2)21-7-5-3-4-6-8-21/h9H,3-8,10H2,1-2H3,(H,17,18,19,20). The second-order valence-electron chi connectivity index (χ2n) is 5.57. The van der Waals surface area contributed by atoms with Crippen molar-refractivity contribution in [1.82, 2.24) is 19.9 Å². The molecular weight excluding hydrogens is 296 g/mol. The Bertz CT molecular complexity index is 637. The molecule has 3 heterocycles. The minimum atomic E-state index is 0.310. The molecule has 2 aromatic heterocycles. The van der Waals surface area contributed by atoms with E-state index < -0.39 is 0 Å². The quantitative estimate of drug-likeness (QED) is 0.897. The summed E-state index contributed by atoms with van der Waals surface area (Å²) in [5.41, 5.74) is 0. The van der Waals surface area contributed by atoms with Crippen molar-refractivity contribution in [2.45, 2.75) is 39.2 Å². The summed E-state index contributed by atoms with van der Waals surface area (Å²) in [5, 5.41) is 3.12. The first kappa shape index (κ1) is 15.5. The molecule has 3 rings (SSSR count). The summed E-state index contributed by atoms with van der Waals surface area (Å²) >= 11 is 0. The molecule has 0 spiro atoms. The molecular formula is C15H22N6O2. The van der Waals surface area contributed by atoms with Crippen molar-refractivity contribution >= 4 is 11.9 Å². The summed E-state index contributed by atoms with van der Waals surface area (Å²) in [4.78, 5) is 19.5. The first-order valence-electron chi connectivity index (χ1n) is 7.95. The molecule has 1 aliphatic heterocycles. The van der Waals surface area contributed by atoms with Gasteiger partial charge in [-0.05, 0) is 19.8 Å². The zero-order valence-corrected chi connectivity index (χ0v) is 13.6. The molecule has 8 nitrogen and oxygen atoms in total. The number of nitrogens with one attached hydrogen (secondary N) is 1. The number of rotatable bonds is 5. The lowest BCUT2D eigenvalue weighted by Crippen LogP contribution is -2.26. The number of hydrogen-bond donors (Lipinski definition) is 1. The Labute approximate surface area is 135 Å². The van der Waals surface area contributed by atoms with E-state index in [1.54, 1.807) is 13.3 Å². The fourth-order valence-corrected chi connectivity index (χ4v) is 2.57. The zero-order valence-electron chi connectivity index (χ0n) is 13.6. The Morgan fingerprint density at radius 3 is 2.61 bits per heavy atom. The van der Waals surface area contributed by atoms with E-state index in [9.17, 15) is 0 Å². The van der Waals surface area contributed by atoms with Gasteiger partial charge in [0.2, 0.25) is 17.8 Å². The lowest BCUT2D eigenvalue weighted by atomic mass is 10.2. The van der Waals surface area contributed by atoms with Crippen LogP contribution in [0.15, 0.2) is 10.6 Å². The van der Waals surface area contributed by atoms with Crippen molar-refractivity contribution in [2.24, 2.45) is 0 Å². The van der Waals surface area contributed by atoms with Gasteiger partial charge in [-0.25, -0.2) is 4.98 Å². The lowest BCUT2D eigenvalue weighted by Gasteiger charge is -2.20. The molecule has 2 aromatic rings. The van der Waals surface area contributed by atoms with E-state index in [0.717, 1.165) is 31.7 Å². The van der Waals surface area contributed by atoms with E-state index in [4.69, 9.17) is 9.15 Å². The van der Waals surface area contributed by atoms with Crippen LogP contribution in [0.1, 0.15) is 37.3 Å². The number of hydrogen-bond acceptors (Lipinski definition) is 8.